The first-order valence-electron chi connectivity index (χ1n) is 7.58. The van der Waals surface area contributed by atoms with Crippen molar-refractivity contribution in [3.63, 3.8) is 0 Å². The van der Waals surface area contributed by atoms with Gasteiger partial charge in [-0.2, -0.15) is 5.10 Å². The van der Waals surface area contributed by atoms with E-state index in [9.17, 15) is 0 Å². The fourth-order valence-corrected chi connectivity index (χ4v) is 2.94. The van der Waals surface area contributed by atoms with Crippen LogP contribution in [0.1, 0.15) is 30.8 Å². The summed E-state index contributed by atoms with van der Waals surface area (Å²) in [5.74, 6) is 1.63. The Bertz CT molecular complexity index is 617. The Kier molecular flexibility index (Phi) is 3.92. The van der Waals surface area contributed by atoms with Gasteiger partial charge in [0, 0.05) is 25.3 Å². The smallest absolute Gasteiger partial charge is 0.141 e. The van der Waals surface area contributed by atoms with Crippen LogP contribution in [0.5, 0.6) is 0 Å². The van der Waals surface area contributed by atoms with Crippen LogP contribution in [0.4, 0.5) is 5.69 Å². The predicted molar refractivity (Wildman–Crippen MR) is 83.5 cm³/mol. The number of rotatable bonds is 4. The predicted octanol–water partition coefficient (Wildman–Crippen LogP) is 2.07. The molecule has 1 aromatic heterocycles. The maximum absolute atomic E-state index is 6.06. The van der Waals surface area contributed by atoms with Gasteiger partial charge >= 0.3 is 0 Å². The molecule has 0 bridgehead atoms. The number of fused-ring (bicyclic) bond motifs is 1. The standard InChI is InChI=1S/C16H23N5/c1-12(2)8-21-16(18-11-19-21)10-20-7-6-14-13(9-20)4-3-5-15(14)17/h3-5,11-12H,6-10,17H2,1-2H3. The van der Waals surface area contributed by atoms with Crippen molar-refractivity contribution in [1.82, 2.24) is 19.7 Å². The van der Waals surface area contributed by atoms with Crippen LogP contribution >= 0.6 is 0 Å². The number of nitrogen functional groups attached to an aromatic ring is 1. The van der Waals surface area contributed by atoms with E-state index in [0.29, 0.717) is 5.92 Å². The van der Waals surface area contributed by atoms with Crippen LogP contribution in [0.15, 0.2) is 24.5 Å². The van der Waals surface area contributed by atoms with Gasteiger partial charge in [0.05, 0.1) is 6.54 Å². The van der Waals surface area contributed by atoms with Gasteiger partial charge in [-0.3, -0.25) is 4.90 Å². The molecule has 112 valence electrons. The van der Waals surface area contributed by atoms with Crippen molar-refractivity contribution in [3.05, 3.63) is 41.5 Å². The Morgan fingerprint density at radius 2 is 2.19 bits per heavy atom. The van der Waals surface area contributed by atoms with Crippen molar-refractivity contribution in [2.45, 2.75) is 39.9 Å². The molecule has 0 radical (unpaired) electrons. The second-order valence-electron chi connectivity index (χ2n) is 6.20. The normalized spacial score (nSPS) is 15.4. The molecular weight excluding hydrogens is 262 g/mol. The highest BCUT2D eigenvalue weighted by Gasteiger charge is 2.19. The molecule has 0 unspecified atom stereocenters. The topological polar surface area (TPSA) is 60.0 Å². The first-order chi connectivity index (χ1) is 10.1. The molecule has 0 fully saturated rings. The van der Waals surface area contributed by atoms with Crippen molar-refractivity contribution in [1.29, 1.82) is 0 Å². The molecule has 0 spiro atoms. The lowest BCUT2D eigenvalue weighted by molar-refractivity contribution is 0.233. The van der Waals surface area contributed by atoms with E-state index < -0.39 is 0 Å². The van der Waals surface area contributed by atoms with Gasteiger partial charge in [0.25, 0.3) is 0 Å². The Morgan fingerprint density at radius 1 is 1.33 bits per heavy atom. The molecule has 0 atom stereocenters. The zero-order chi connectivity index (χ0) is 14.8. The van der Waals surface area contributed by atoms with Gasteiger partial charge in [0.1, 0.15) is 12.2 Å². The molecule has 2 heterocycles. The Balaban J connectivity index is 1.72. The molecule has 0 aliphatic carbocycles. The first kappa shape index (κ1) is 14.1. The lowest BCUT2D eigenvalue weighted by Gasteiger charge is -2.29. The van der Waals surface area contributed by atoms with E-state index in [1.807, 2.05) is 16.8 Å². The van der Waals surface area contributed by atoms with Crippen molar-refractivity contribution in [2.24, 2.45) is 5.92 Å². The summed E-state index contributed by atoms with van der Waals surface area (Å²) in [5.41, 5.74) is 9.64. The number of nitrogens with two attached hydrogens (primary N) is 1. The van der Waals surface area contributed by atoms with Crippen LogP contribution in [0.2, 0.25) is 0 Å². The molecule has 5 nitrogen and oxygen atoms in total. The fraction of sp³-hybridized carbons (Fsp3) is 0.500. The highest BCUT2D eigenvalue weighted by molar-refractivity contribution is 5.51. The number of benzene rings is 1. The number of hydrogen-bond donors (Lipinski definition) is 1. The van der Waals surface area contributed by atoms with E-state index in [2.05, 4.69) is 34.9 Å². The summed E-state index contributed by atoms with van der Waals surface area (Å²) in [6.07, 6.45) is 2.67. The van der Waals surface area contributed by atoms with Gasteiger partial charge in [-0.25, -0.2) is 9.67 Å². The number of nitrogens with zero attached hydrogens (tertiary/aromatic N) is 4. The van der Waals surface area contributed by atoms with Crippen LogP contribution in [0.25, 0.3) is 0 Å². The van der Waals surface area contributed by atoms with Gasteiger partial charge in [0.15, 0.2) is 0 Å². The summed E-state index contributed by atoms with van der Waals surface area (Å²) in [6.45, 7) is 8.13. The minimum absolute atomic E-state index is 0.576. The zero-order valence-corrected chi connectivity index (χ0v) is 12.8. The van der Waals surface area contributed by atoms with Crippen molar-refractivity contribution < 1.29 is 0 Å². The second kappa shape index (κ2) is 5.85. The molecule has 2 aromatic rings. The number of anilines is 1. The molecule has 0 saturated carbocycles. The van der Waals surface area contributed by atoms with E-state index in [4.69, 9.17) is 5.73 Å². The molecule has 3 rings (SSSR count). The van der Waals surface area contributed by atoms with Gasteiger partial charge in [-0.1, -0.05) is 26.0 Å². The minimum Gasteiger partial charge on any atom is -0.398 e. The SMILES string of the molecule is CC(C)Cn1ncnc1CN1CCc2c(N)cccc2C1. The van der Waals surface area contributed by atoms with Crippen LogP contribution in [0.3, 0.4) is 0 Å². The van der Waals surface area contributed by atoms with E-state index in [-0.39, 0.29) is 0 Å². The largest absolute Gasteiger partial charge is 0.398 e. The third kappa shape index (κ3) is 3.08. The Hall–Kier alpha value is -1.88. The summed E-state index contributed by atoms with van der Waals surface area (Å²) >= 11 is 0. The van der Waals surface area contributed by atoms with Crippen LogP contribution in [0, 0.1) is 5.92 Å². The summed E-state index contributed by atoms with van der Waals surface area (Å²) in [6, 6.07) is 6.21. The highest BCUT2D eigenvalue weighted by Crippen LogP contribution is 2.24. The van der Waals surface area contributed by atoms with Crippen molar-refractivity contribution >= 4 is 5.69 Å². The lowest BCUT2D eigenvalue weighted by atomic mass is 9.98. The molecule has 5 heteroatoms. The average Bonchev–Trinajstić information content (AvgIpc) is 2.85. The minimum atomic E-state index is 0.576. The van der Waals surface area contributed by atoms with Crippen molar-refractivity contribution in [2.75, 3.05) is 12.3 Å². The van der Waals surface area contributed by atoms with Crippen LogP contribution < -0.4 is 5.73 Å². The lowest BCUT2D eigenvalue weighted by Crippen LogP contribution is -2.31. The van der Waals surface area contributed by atoms with Gasteiger partial charge in [0.2, 0.25) is 0 Å². The molecule has 0 saturated heterocycles. The molecule has 1 aromatic carbocycles. The van der Waals surface area contributed by atoms with E-state index >= 15 is 0 Å². The van der Waals surface area contributed by atoms with Gasteiger partial charge in [-0.15, -0.1) is 0 Å². The first-order valence-corrected chi connectivity index (χ1v) is 7.58. The molecule has 2 N–H and O–H groups in total. The van der Waals surface area contributed by atoms with Crippen LogP contribution in [-0.2, 0) is 26.1 Å². The summed E-state index contributed by atoms with van der Waals surface area (Å²) in [4.78, 5) is 6.84. The Labute approximate surface area is 125 Å². The second-order valence-corrected chi connectivity index (χ2v) is 6.20. The fourth-order valence-electron chi connectivity index (χ4n) is 2.94. The quantitative estimate of drug-likeness (QED) is 0.874. The zero-order valence-electron chi connectivity index (χ0n) is 12.8. The highest BCUT2D eigenvalue weighted by atomic mass is 15.3. The van der Waals surface area contributed by atoms with Gasteiger partial charge in [-0.05, 0) is 29.5 Å². The molecule has 21 heavy (non-hydrogen) atoms. The molecule has 0 amide bonds. The third-order valence-electron chi connectivity index (χ3n) is 3.98. The molecular formula is C16H23N5. The molecule has 1 aliphatic rings. The van der Waals surface area contributed by atoms with E-state index in [1.54, 1.807) is 6.33 Å². The summed E-state index contributed by atoms with van der Waals surface area (Å²) in [7, 11) is 0. The maximum Gasteiger partial charge on any atom is 0.141 e. The maximum atomic E-state index is 6.06. The molecule has 1 aliphatic heterocycles. The van der Waals surface area contributed by atoms with E-state index in [1.165, 1.54) is 11.1 Å². The van der Waals surface area contributed by atoms with Gasteiger partial charge < -0.3 is 5.73 Å². The van der Waals surface area contributed by atoms with Crippen LogP contribution in [-0.4, -0.2) is 26.2 Å². The summed E-state index contributed by atoms with van der Waals surface area (Å²) in [5, 5.41) is 4.34. The Morgan fingerprint density at radius 3 is 3.00 bits per heavy atom. The number of hydrogen-bond acceptors (Lipinski definition) is 4. The summed E-state index contributed by atoms with van der Waals surface area (Å²) < 4.78 is 2.03. The number of aromatic nitrogens is 3. The average molecular weight is 285 g/mol. The van der Waals surface area contributed by atoms with Crippen molar-refractivity contribution in [3.8, 4) is 0 Å². The monoisotopic (exact) mass is 285 g/mol. The van der Waals surface area contributed by atoms with E-state index in [0.717, 1.165) is 44.1 Å². The third-order valence-corrected chi connectivity index (χ3v) is 3.98.